The minimum atomic E-state index is -0.146. The number of aromatic nitrogens is 2. The van der Waals surface area contributed by atoms with Crippen molar-refractivity contribution in [3.63, 3.8) is 0 Å². The van der Waals surface area contributed by atoms with E-state index in [-0.39, 0.29) is 21.9 Å². The summed E-state index contributed by atoms with van der Waals surface area (Å²) in [5, 5.41) is 5.82. The van der Waals surface area contributed by atoms with E-state index in [1.54, 1.807) is 0 Å². The summed E-state index contributed by atoms with van der Waals surface area (Å²) in [5.74, 6) is 0.100. The van der Waals surface area contributed by atoms with Gasteiger partial charge in [0.25, 0.3) is 0 Å². The minimum absolute atomic E-state index is 0.127. The predicted octanol–water partition coefficient (Wildman–Crippen LogP) is 1.72. The Morgan fingerprint density at radius 3 is 2.88 bits per heavy atom. The van der Waals surface area contributed by atoms with Crippen molar-refractivity contribution in [2.75, 3.05) is 18.9 Å². The van der Waals surface area contributed by atoms with Crippen molar-refractivity contribution in [1.82, 2.24) is 15.3 Å². The number of rotatable bonds is 5. The number of nitrogens with one attached hydrogen (secondary N) is 2. The quantitative estimate of drug-likeness (QED) is 0.627. The summed E-state index contributed by atoms with van der Waals surface area (Å²) in [6.07, 6.45) is 2.40. The number of hydrogen-bond donors (Lipinski definition) is 2. The van der Waals surface area contributed by atoms with Crippen LogP contribution in [0.2, 0.25) is 10.2 Å². The van der Waals surface area contributed by atoms with Crippen LogP contribution in [0.3, 0.4) is 0 Å². The SMILES string of the molecule is CNCCCC(=O)Nc1ncnc(Cl)c1Cl. The molecule has 0 atom stereocenters. The lowest BCUT2D eigenvalue weighted by molar-refractivity contribution is -0.116. The first-order valence-corrected chi connectivity index (χ1v) is 5.51. The molecular weight excluding hydrogens is 251 g/mol. The highest BCUT2D eigenvalue weighted by atomic mass is 35.5. The molecule has 0 fully saturated rings. The first-order valence-electron chi connectivity index (χ1n) is 4.75. The van der Waals surface area contributed by atoms with Crippen molar-refractivity contribution < 1.29 is 4.79 Å². The zero-order valence-electron chi connectivity index (χ0n) is 8.76. The highest BCUT2D eigenvalue weighted by Gasteiger charge is 2.09. The average molecular weight is 263 g/mol. The molecule has 0 spiro atoms. The van der Waals surface area contributed by atoms with E-state index in [2.05, 4.69) is 20.6 Å². The maximum atomic E-state index is 11.4. The Hall–Kier alpha value is -0.910. The fraction of sp³-hybridized carbons (Fsp3) is 0.444. The molecule has 0 radical (unpaired) electrons. The minimum Gasteiger partial charge on any atom is -0.320 e. The van der Waals surface area contributed by atoms with Gasteiger partial charge in [0.05, 0.1) is 0 Å². The summed E-state index contributed by atoms with van der Waals surface area (Å²) in [4.78, 5) is 19.0. The van der Waals surface area contributed by atoms with Crippen LogP contribution >= 0.6 is 23.2 Å². The third kappa shape index (κ3) is 3.92. The number of carbonyl (C=O) groups excluding carboxylic acids is 1. The van der Waals surface area contributed by atoms with Gasteiger partial charge in [-0.3, -0.25) is 4.79 Å². The zero-order chi connectivity index (χ0) is 12.0. The standard InChI is InChI=1S/C9H12Cl2N4O/c1-12-4-2-3-6(16)15-9-7(10)8(11)13-5-14-9/h5,12H,2-4H2,1H3,(H,13,14,15,16). The molecule has 1 amide bonds. The van der Waals surface area contributed by atoms with E-state index in [9.17, 15) is 4.79 Å². The second kappa shape index (κ2) is 6.62. The van der Waals surface area contributed by atoms with Crippen LogP contribution in [-0.2, 0) is 4.79 Å². The van der Waals surface area contributed by atoms with E-state index in [1.165, 1.54) is 6.33 Å². The molecule has 0 saturated carbocycles. The van der Waals surface area contributed by atoms with Gasteiger partial charge in [-0.25, -0.2) is 9.97 Å². The average Bonchev–Trinajstić information content (AvgIpc) is 2.25. The molecule has 16 heavy (non-hydrogen) atoms. The number of carbonyl (C=O) groups is 1. The second-order valence-electron chi connectivity index (χ2n) is 3.08. The number of nitrogens with zero attached hydrogens (tertiary/aromatic N) is 2. The maximum absolute atomic E-state index is 11.4. The first-order chi connectivity index (χ1) is 7.65. The van der Waals surface area contributed by atoms with Crippen molar-refractivity contribution in [2.45, 2.75) is 12.8 Å². The highest BCUT2D eigenvalue weighted by molar-refractivity contribution is 6.42. The van der Waals surface area contributed by atoms with Gasteiger partial charge in [-0.1, -0.05) is 23.2 Å². The molecule has 0 unspecified atom stereocenters. The maximum Gasteiger partial charge on any atom is 0.225 e. The third-order valence-corrected chi connectivity index (χ3v) is 2.58. The Balaban J connectivity index is 2.53. The molecule has 0 bridgehead atoms. The van der Waals surface area contributed by atoms with Gasteiger partial charge in [-0.2, -0.15) is 0 Å². The second-order valence-corrected chi connectivity index (χ2v) is 3.82. The van der Waals surface area contributed by atoms with Crippen LogP contribution in [-0.4, -0.2) is 29.5 Å². The molecule has 7 heteroatoms. The molecule has 0 aliphatic carbocycles. The summed E-state index contributed by atoms with van der Waals surface area (Å²) in [6.45, 7) is 0.783. The van der Waals surface area contributed by atoms with E-state index < -0.39 is 0 Å². The summed E-state index contributed by atoms with van der Waals surface area (Å²) in [7, 11) is 1.83. The van der Waals surface area contributed by atoms with Crippen molar-refractivity contribution in [2.24, 2.45) is 0 Å². The van der Waals surface area contributed by atoms with Gasteiger partial charge >= 0.3 is 0 Å². The van der Waals surface area contributed by atoms with Crippen LogP contribution in [0, 0.1) is 0 Å². The molecule has 1 aromatic rings. The lowest BCUT2D eigenvalue weighted by atomic mass is 10.3. The van der Waals surface area contributed by atoms with Crippen LogP contribution in [0.1, 0.15) is 12.8 Å². The summed E-state index contributed by atoms with van der Waals surface area (Å²) < 4.78 is 0. The van der Waals surface area contributed by atoms with Crippen molar-refractivity contribution in [3.8, 4) is 0 Å². The Morgan fingerprint density at radius 2 is 2.19 bits per heavy atom. The van der Waals surface area contributed by atoms with E-state index in [0.29, 0.717) is 6.42 Å². The first kappa shape index (κ1) is 13.2. The van der Waals surface area contributed by atoms with Crippen LogP contribution in [0.4, 0.5) is 5.82 Å². The summed E-state index contributed by atoms with van der Waals surface area (Å²) >= 11 is 11.5. The van der Waals surface area contributed by atoms with Crippen LogP contribution in [0.25, 0.3) is 0 Å². The molecule has 0 aromatic carbocycles. The molecule has 0 saturated heterocycles. The van der Waals surface area contributed by atoms with Crippen molar-refractivity contribution in [3.05, 3.63) is 16.5 Å². The van der Waals surface area contributed by atoms with Crippen LogP contribution in [0.15, 0.2) is 6.33 Å². The zero-order valence-corrected chi connectivity index (χ0v) is 10.3. The fourth-order valence-corrected chi connectivity index (χ4v) is 1.33. The molecule has 0 aliphatic heterocycles. The predicted molar refractivity (Wildman–Crippen MR) is 63.8 cm³/mol. The Labute approximate surface area is 104 Å². The fourth-order valence-electron chi connectivity index (χ4n) is 1.06. The van der Waals surface area contributed by atoms with E-state index in [0.717, 1.165) is 13.0 Å². The monoisotopic (exact) mass is 262 g/mol. The van der Waals surface area contributed by atoms with E-state index in [1.807, 2.05) is 7.05 Å². The largest absolute Gasteiger partial charge is 0.320 e. The molecule has 2 N–H and O–H groups in total. The van der Waals surface area contributed by atoms with E-state index in [4.69, 9.17) is 23.2 Å². The topological polar surface area (TPSA) is 66.9 Å². The van der Waals surface area contributed by atoms with E-state index >= 15 is 0 Å². The van der Waals surface area contributed by atoms with Crippen LogP contribution in [0.5, 0.6) is 0 Å². The smallest absolute Gasteiger partial charge is 0.225 e. The molecule has 0 aliphatic rings. The van der Waals surface area contributed by atoms with Gasteiger partial charge in [0.15, 0.2) is 11.0 Å². The van der Waals surface area contributed by atoms with Crippen LogP contribution < -0.4 is 10.6 Å². The third-order valence-electron chi connectivity index (χ3n) is 1.84. The number of halogens is 2. The Morgan fingerprint density at radius 1 is 1.44 bits per heavy atom. The van der Waals surface area contributed by atoms with Gasteiger partial charge in [-0.05, 0) is 20.0 Å². The lowest BCUT2D eigenvalue weighted by Crippen LogP contribution is -2.16. The Kier molecular flexibility index (Phi) is 5.45. The highest BCUT2D eigenvalue weighted by Crippen LogP contribution is 2.25. The molecule has 88 valence electrons. The number of anilines is 1. The summed E-state index contributed by atoms with van der Waals surface area (Å²) in [5.41, 5.74) is 0. The van der Waals surface area contributed by atoms with Gasteiger partial charge in [0.2, 0.25) is 5.91 Å². The lowest BCUT2D eigenvalue weighted by Gasteiger charge is -2.06. The molecular formula is C9H12Cl2N4O. The molecule has 1 heterocycles. The van der Waals surface area contributed by atoms with Gasteiger partial charge < -0.3 is 10.6 Å². The normalized spacial score (nSPS) is 10.2. The number of amides is 1. The molecule has 1 aromatic heterocycles. The number of hydrogen-bond acceptors (Lipinski definition) is 4. The van der Waals surface area contributed by atoms with Gasteiger partial charge in [0, 0.05) is 6.42 Å². The Bertz CT molecular complexity index is 373. The summed E-state index contributed by atoms with van der Waals surface area (Å²) in [6, 6.07) is 0. The molecule has 1 rings (SSSR count). The van der Waals surface area contributed by atoms with Gasteiger partial charge in [-0.15, -0.1) is 0 Å². The van der Waals surface area contributed by atoms with Crippen molar-refractivity contribution in [1.29, 1.82) is 0 Å². The molecule has 5 nitrogen and oxygen atoms in total. The van der Waals surface area contributed by atoms with Gasteiger partial charge in [0.1, 0.15) is 11.3 Å². The van der Waals surface area contributed by atoms with Crippen molar-refractivity contribution >= 4 is 34.9 Å².